The Bertz CT molecular complexity index is 1750. The molecule has 0 aliphatic rings. The Kier molecular flexibility index (Phi) is 60.1. The molecule has 424 valence electrons. The molecular weight excluding hydrogens is 933 g/mol. The third-order valence-electron chi connectivity index (χ3n) is 12.2. The van der Waals surface area contributed by atoms with E-state index < -0.39 is 6.10 Å². The van der Waals surface area contributed by atoms with Gasteiger partial charge in [-0.15, -0.1) is 0 Å². The first-order valence-electron chi connectivity index (χ1n) is 30.3. The lowest BCUT2D eigenvalue weighted by Gasteiger charge is -2.15. The first kappa shape index (κ1) is 71.0. The van der Waals surface area contributed by atoms with Crippen molar-refractivity contribution in [3.63, 3.8) is 0 Å². The Balaban J connectivity index is 3.61. The average Bonchev–Trinajstić information content (AvgIpc) is 3.42. The number of carbonyl (C=O) groups is 2. The van der Waals surface area contributed by atoms with Crippen molar-refractivity contribution in [2.45, 2.75) is 238 Å². The van der Waals surface area contributed by atoms with Gasteiger partial charge in [-0.3, -0.25) is 9.59 Å². The number of carbonyl (C=O) groups excluding carboxylic acids is 2. The molecule has 0 saturated carbocycles. The second-order valence-electron chi connectivity index (χ2n) is 19.3. The zero-order valence-corrected chi connectivity index (χ0v) is 48.4. The maximum Gasteiger partial charge on any atom is 0.306 e. The van der Waals surface area contributed by atoms with Crippen LogP contribution in [0.25, 0.3) is 0 Å². The van der Waals surface area contributed by atoms with Crippen molar-refractivity contribution in [1.29, 1.82) is 0 Å². The second-order valence-corrected chi connectivity index (χ2v) is 19.3. The third-order valence-corrected chi connectivity index (χ3v) is 12.2. The molecule has 0 amide bonds. The van der Waals surface area contributed by atoms with Crippen molar-refractivity contribution >= 4 is 11.9 Å². The van der Waals surface area contributed by atoms with Crippen LogP contribution >= 0.6 is 0 Å². The molecule has 76 heavy (non-hydrogen) atoms. The summed E-state index contributed by atoms with van der Waals surface area (Å²) in [6.45, 7) is 3.85. The van der Waals surface area contributed by atoms with Crippen molar-refractivity contribution in [1.82, 2.24) is 0 Å². The number of aliphatic hydroxyl groups excluding tert-OH is 1. The van der Waals surface area contributed by atoms with Crippen LogP contribution in [0.4, 0.5) is 0 Å². The maximum atomic E-state index is 12.3. The molecule has 0 rings (SSSR count). The fourth-order valence-electron chi connectivity index (χ4n) is 7.74. The average molecular weight is 1040 g/mol. The van der Waals surface area contributed by atoms with Crippen molar-refractivity contribution in [2.24, 2.45) is 0 Å². The maximum absolute atomic E-state index is 12.3. The van der Waals surface area contributed by atoms with E-state index in [0.717, 1.165) is 122 Å². The van der Waals surface area contributed by atoms with Gasteiger partial charge in [-0.2, -0.15) is 0 Å². The lowest BCUT2D eigenvalue weighted by atomic mass is 10.0. The first-order valence-corrected chi connectivity index (χ1v) is 30.3. The number of hydrogen-bond acceptors (Lipinski definition) is 5. The number of hydrogen-bond donors (Lipinski definition) is 1. The van der Waals surface area contributed by atoms with Crippen molar-refractivity contribution < 1.29 is 24.2 Å². The normalized spacial score (nSPS) is 13.6. The second kappa shape index (κ2) is 64.3. The Labute approximate surface area is 467 Å². The molecule has 0 aromatic carbocycles. The number of unbranched alkanes of at least 4 members (excludes halogenated alkanes) is 15. The SMILES string of the molecule is CC/C=C\C/C=C\C/C=C\C/C=C\C/C=C\C/C=C\C/C=C\C/C=C\CCCCCCCCCCCCCCCCC(=O)OC(CO)COC(=O)CCC/C=C\C/C=C\C/C=C\C/C=C\C/C=C\C/C=C\C/C=C\CC. The summed E-state index contributed by atoms with van der Waals surface area (Å²) in [4.78, 5) is 24.5. The van der Waals surface area contributed by atoms with Crippen LogP contribution in [-0.2, 0) is 19.1 Å². The number of ether oxygens (including phenoxy) is 2. The predicted molar refractivity (Wildman–Crippen MR) is 333 cm³/mol. The van der Waals surface area contributed by atoms with Gasteiger partial charge in [-0.05, 0) is 128 Å². The molecule has 1 unspecified atom stereocenters. The Hall–Kier alpha value is -5.00. The quantitative estimate of drug-likeness (QED) is 0.0373. The monoisotopic (exact) mass is 1040 g/mol. The number of aliphatic hydroxyl groups is 1. The molecule has 0 heterocycles. The Morgan fingerprint density at radius 2 is 0.539 bits per heavy atom. The Morgan fingerprint density at radius 3 is 0.829 bits per heavy atom. The molecule has 0 spiro atoms. The van der Waals surface area contributed by atoms with Gasteiger partial charge in [0, 0.05) is 12.8 Å². The van der Waals surface area contributed by atoms with Crippen LogP contribution in [0.3, 0.4) is 0 Å². The summed E-state index contributed by atoms with van der Waals surface area (Å²) in [5.41, 5.74) is 0. The van der Waals surface area contributed by atoms with Gasteiger partial charge in [0.05, 0.1) is 6.61 Å². The summed E-state index contributed by atoms with van der Waals surface area (Å²) < 4.78 is 10.7. The topological polar surface area (TPSA) is 72.8 Å². The van der Waals surface area contributed by atoms with Crippen LogP contribution in [-0.4, -0.2) is 36.4 Å². The molecule has 1 N–H and O–H groups in total. The first-order chi connectivity index (χ1) is 37.6. The van der Waals surface area contributed by atoms with Gasteiger partial charge in [0.15, 0.2) is 6.10 Å². The van der Waals surface area contributed by atoms with E-state index in [-0.39, 0.29) is 25.2 Å². The van der Waals surface area contributed by atoms with E-state index in [4.69, 9.17) is 9.47 Å². The molecule has 0 aromatic heterocycles. The highest BCUT2D eigenvalue weighted by atomic mass is 16.6. The van der Waals surface area contributed by atoms with Crippen molar-refractivity contribution in [3.8, 4) is 0 Å². The largest absolute Gasteiger partial charge is 0.462 e. The zero-order chi connectivity index (χ0) is 54.8. The predicted octanol–water partition coefficient (Wildman–Crippen LogP) is 21.1. The van der Waals surface area contributed by atoms with Crippen LogP contribution in [0.15, 0.2) is 182 Å². The number of rotatable bonds is 53. The van der Waals surface area contributed by atoms with Crippen LogP contribution < -0.4 is 0 Å². The minimum atomic E-state index is -0.810. The molecule has 0 bridgehead atoms. The minimum Gasteiger partial charge on any atom is -0.462 e. The highest BCUT2D eigenvalue weighted by Gasteiger charge is 2.16. The number of esters is 2. The zero-order valence-electron chi connectivity index (χ0n) is 48.4. The van der Waals surface area contributed by atoms with E-state index in [1.165, 1.54) is 77.0 Å². The lowest BCUT2D eigenvalue weighted by molar-refractivity contribution is -0.161. The molecule has 0 radical (unpaired) electrons. The van der Waals surface area contributed by atoms with Crippen molar-refractivity contribution in [3.05, 3.63) is 182 Å². The molecule has 0 aromatic rings. The third kappa shape index (κ3) is 61.5. The summed E-state index contributed by atoms with van der Waals surface area (Å²) >= 11 is 0. The van der Waals surface area contributed by atoms with E-state index in [1.807, 2.05) is 0 Å². The minimum absolute atomic E-state index is 0.107. The Morgan fingerprint density at radius 1 is 0.303 bits per heavy atom. The smallest absolute Gasteiger partial charge is 0.306 e. The van der Waals surface area contributed by atoms with Crippen molar-refractivity contribution in [2.75, 3.05) is 13.2 Å². The summed E-state index contributed by atoms with van der Waals surface area (Å²) in [6.07, 6.45) is 102. The molecule has 0 aliphatic carbocycles. The van der Waals surface area contributed by atoms with Gasteiger partial charge < -0.3 is 14.6 Å². The summed E-state index contributed by atoms with van der Waals surface area (Å²) in [5, 5.41) is 9.66. The van der Waals surface area contributed by atoms with Crippen LogP contribution in [0, 0.1) is 0 Å². The fraction of sp³-hybridized carbons (Fsp3) is 0.549. The molecule has 5 nitrogen and oxygen atoms in total. The van der Waals surface area contributed by atoms with Gasteiger partial charge in [-0.25, -0.2) is 0 Å². The van der Waals surface area contributed by atoms with Crippen LogP contribution in [0.5, 0.6) is 0 Å². The van der Waals surface area contributed by atoms with Gasteiger partial charge in [0.1, 0.15) is 6.61 Å². The molecule has 1 atom stereocenters. The van der Waals surface area contributed by atoms with Gasteiger partial charge >= 0.3 is 11.9 Å². The fourth-order valence-corrected chi connectivity index (χ4v) is 7.74. The summed E-state index contributed by atoms with van der Waals surface area (Å²) in [6, 6.07) is 0. The van der Waals surface area contributed by atoms with E-state index in [9.17, 15) is 14.7 Å². The van der Waals surface area contributed by atoms with Crippen LogP contribution in [0.2, 0.25) is 0 Å². The van der Waals surface area contributed by atoms with E-state index in [2.05, 4.69) is 196 Å². The molecule has 0 saturated heterocycles. The molecule has 5 heteroatoms. The van der Waals surface area contributed by atoms with Gasteiger partial charge in [-0.1, -0.05) is 273 Å². The lowest BCUT2D eigenvalue weighted by Crippen LogP contribution is -2.28. The highest BCUT2D eigenvalue weighted by Crippen LogP contribution is 2.15. The van der Waals surface area contributed by atoms with Gasteiger partial charge in [0.25, 0.3) is 0 Å². The molecular formula is C71H110O5. The van der Waals surface area contributed by atoms with E-state index >= 15 is 0 Å². The summed E-state index contributed by atoms with van der Waals surface area (Å²) in [7, 11) is 0. The highest BCUT2D eigenvalue weighted by molar-refractivity contribution is 5.70. The molecule has 0 fully saturated rings. The van der Waals surface area contributed by atoms with Crippen LogP contribution in [0.1, 0.15) is 232 Å². The van der Waals surface area contributed by atoms with E-state index in [0.29, 0.717) is 19.3 Å². The standard InChI is InChI=1S/C71H110O5/c1-3-5-7-9-11-13-15-17-19-21-23-25-27-28-29-30-31-32-33-34-35-36-37-38-39-40-41-42-44-46-48-50-52-54-56-58-60-62-64-66-71(74)76-69(67-72)68-75-70(73)65-63-61-59-57-55-53-51-49-47-45-43-26-24-22-20-18-16-14-12-10-8-6-4-2/h5-8,11-14,17-20,23-26,28-29,31-32,34-35,37-38,45,47,51,53,57,59,69,72H,3-4,9-10,15-16,21-22,27,30,33,36,39-44,46,48-50,52,54-56,58,60-68H2,1-2H3/b7-5-,8-6-,13-11-,14-12-,19-17-,20-18-,25-23-,26-24-,29-28-,32-31-,35-34-,38-37-,47-45-,53-51-,59-57-. The number of allylic oxidation sites excluding steroid dienone is 30. The summed E-state index contributed by atoms with van der Waals surface area (Å²) in [5.74, 6) is -0.672. The van der Waals surface area contributed by atoms with E-state index in [1.54, 1.807) is 0 Å². The molecule has 0 aliphatic heterocycles. The van der Waals surface area contributed by atoms with Gasteiger partial charge in [0.2, 0.25) is 0 Å².